The molecule has 1 rings (SSSR count). The Bertz CT molecular complexity index is 920. The van der Waals surface area contributed by atoms with Gasteiger partial charge in [0.15, 0.2) is 0 Å². The van der Waals surface area contributed by atoms with Crippen LogP contribution in [0, 0.1) is 13.8 Å². The highest BCUT2D eigenvalue weighted by atomic mass is 16.6. The number of ether oxygens (including phenoxy) is 2. The molecule has 0 spiro atoms. The minimum atomic E-state index is -0.935. The largest absolute Gasteiger partial charge is 0.466 e. The number of aryl methyl sites for hydroxylation is 2. The van der Waals surface area contributed by atoms with E-state index in [1.54, 1.807) is 39.5 Å². The summed E-state index contributed by atoms with van der Waals surface area (Å²) in [5.74, 6) is -1.18. The maximum atomic E-state index is 13.8. The molecule has 0 aliphatic carbocycles. The Hall–Kier alpha value is -3.10. The summed E-state index contributed by atoms with van der Waals surface area (Å²) in [7, 11) is 0. The first kappa shape index (κ1) is 32.9. The van der Waals surface area contributed by atoms with Crippen LogP contribution in [0.5, 0.6) is 0 Å². The highest BCUT2D eigenvalue weighted by Crippen LogP contribution is 2.29. The van der Waals surface area contributed by atoms with Gasteiger partial charge in [0, 0.05) is 13.1 Å². The van der Waals surface area contributed by atoms with Crippen molar-refractivity contribution in [1.82, 2.24) is 15.5 Å². The number of nitrogens with one attached hydrogen (secondary N) is 2. The first-order chi connectivity index (χ1) is 17.8. The van der Waals surface area contributed by atoms with Gasteiger partial charge >= 0.3 is 12.1 Å². The lowest BCUT2D eigenvalue weighted by atomic mass is 9.93. The molecule has 0 heterocycles. The molecule has 9 nitrogen and oxygen atoms in total. The van der Waals surface area contributed by atoms with E-state index < -0.39 is 29.7 Å². The van der Waals surface area contributed by atoms with Crippen LogP contribution in [0.15, 0.2) is 18.2 Å². The number of alkyl carbamates (subject to hydrolysis) is 1. The average Bonchev–Trinajstić information content (AvgIpc) is 2.80. The van der Waals surface area contributed by atoms with Crippen LogP contribution in [0.25, 0.3) is 0 Å². The molecule has 38 heavy (non-hydrogen) atoms. The standard InChI is InChI=1S/C29H47N3O6/c1-9-11-12-13-19-32(27(35)22(5)31-28(36)38-29(6,7)8)25(24-20(3)15-14-16-21(24)4)26(34)30-18-17-23(33)37-10-2/h14-16,22,25H,9-13,17-19H2,1-8H3,(H,30,34)(H,31,36). The van der Waals surface area contributed by atoms with Gasteiger partial charge in [-0.05, 0) is 71.6 Å². The Kier molecular flexibility index (Phi) is 13.9. The zero-order valence-electron chi connectivity index (χ0n) is 24.4. The second-order valence-electron chi connectivity index (χ2n) is 10.5. The molecular formula is C29H47N3O6. The van der Waals surface area contributed by atoms with Crippen molar-refractivity contribution < 1.29 is 28.7 Å². The van der Waals surface area contributed by atoms with E-state index in [1.165, 1.54) is 0 Å². The van der Waals surface area contributed by atoms with Gasteiger partial charge in [0.05, 0.1) is 13.0 Å². The highest BCUT2D eigenvalue weighted by molar-refractivity contribution is 5.92. The van der Waals surface area contributed by atoms with E-state index in [0.717, 1.165) is 36.0 Å². The van der Waals surface area contributed by atoms with Crippen molar-refractivity contribution >= 4 is 23.9 Å². The van der Waals surface area contributed by atoms with Gasteiger partial charge in [0.2, 0.25) is 11.8 Å². The maximum absolute atomic E-state index is 13.8. The smallest absolute Gasteiger partial charge is 0.408 e. The van der Waals surface area contributed by atoms with Crippen LogP contribution in [0.2, 0.25) is 0 Å². The third kappa shape index (κ3) is 11.1. The zero-order chi connectivity index (χ0) is 28.9. The van der Waals surface area contributed by atoms with Crippen LogP contribution in [0.4, 0.5) is 4.79 Å². The number of carbonyl (C=O) groups is 4. The summed E-state index contributed by atoms with van der Waals surface area (Å²) in [5, 5.41) is 5.45. The van der Waals surface area contributed by atoms with Gasteiger partial charge in [-0.1, -0.05) is 44.4 Å². The summed E-state index contributed by atoms with van der Waals surface area (Å²) in [4.78, 5) is 53.3. The molecule has 214 valence electrons. The summed E-state index contributed by atoms with van der Waals surface area (Å²) in [6.07, 6.45) is 2.97. The topological polar surface area (TPSA) is 114 Å². The maximum Gasteiger partial charge on any atom is 0.408 e. The molecular weight excluding hydrogens is 486 g/mol. The third-order valence-electron chi connectivity index (χ3n) is 5.95. The van der Waals surface area contributed by atoms with E-state index in [9.17, 15) is 19.2 Å². The molecule has 0 saturated heterocycles. The lowest BCUT2D eigenvalue weighted by Gasteiger charge is -2.35. The minimum Gasteiger partial charge on any atom is -0.466 e. The predicted octanol–water partition coefficient (Wildman–Crippen LogP) is 4.74. The number of unbranched alkanes of at least 4 members (excludes halogenated alkanes) is 3. The van der Waals surface area contributed by atoms with Crippen LogP contribution in [0.1, 0.15) is 96.4 Å². The second kappa shape index (κ2) is 16.0. The van der Waals surface area contributed by atoms with Crippen molar-refractivity contribution in [2.45, 2.75) is 105 Å². The molecule has 0 radical (unpaired) electrons. The molecule has 0 saturated carbocycles. The third-order valence-corrected chi connectivity index (χ3v) is 5.95. The number of rotatable bonds is 14. The number of hydrogen-bond donors (Lipinski definition) is 2. The van der Waals surface area contributed by atoms with Gasteiger partial charge in [-0.2, -0.15) is 0 Å². The van der Waals surface area contributed by atoms with Gasteiger partial charge in [-0.25, -0.2) is 4.79 Å². The molecule has 0 aliphatic heterocycles. The summed E-state index contributed by atoms with van der Waals surface area (Å²) >= 11 is 0. The fourth-order valence-electron chi connectivity index (χ4n) is 4.17. The average molecular weight is 534 g/mol. The molecule has 3 amide bonds. The lowest BCUT2D eigenvalue weighted by Crippen LogP contribution is -2.52. The van der Waals surface area contributed by atoms with Crippen LogP contribution >= 0.6 is 0 Å². The molecule has 0 aromatic heterocycles. The monoisotopic (exact) mass is 533 g/mol. The fraction of sp³-hybridized carbons (Fsp3) is 0.655. The lowest BCUT2D eigenvalue weighted by molar-refractivity contribution is -0.144. The SMILES string of the molecule is CCCCCCN(C(=O)C(C)NC(=O)OC(C)(C)C)C(C(=O)NCCC(=O)OCC)c1c(C)cccc1C. The van der Waals surface area contributed by atoms with E-state index in [1.807, 2.05) is 32.0 Å². The predicted molar refractivity (Wildman–Crippen MR) is 148 cm³/mol. The van der Waals surface area contributed by atoms with Crippen molar-refractivity contribution in [2.24, 2.45) is 0 Å². The fourth-order valence-corrected chi connectivity index (χ4v) is 4.17. The normalized spacial score (nSPS) is 12.7. The molecule has 0 bridgehead atoms. The van der Waals surface area contributed by atoms with E-state index in [-0.39, 0.29) is 31.4 Å². The van der Waals surface area contributed by atoms with Crippen molar-refractivity contribution in [3.8, 4) is 0 Å². The van der Waals surface area contributed by atoms with Crippen molar-refractivity contribution in [1.29, 1.82) is 0 Å². The summed E-state index contributed by atoms with van der Waals surface area (Å²) in [6.45, 7) is 15.2. The Balaban J connectivity index is 3.36. The van der Waals surface area contributed by atoms with Gasteiger partial charge < -0.3 is 25.0 Å². The summed E-state index contributed by atoms with van der Waals surface area (Å²) in [5.41, 5.74) is 1.76. The zero-order valence-corrected chi connectivity index (χ0v) is 24.4. The number of amides is 3. The molecule has 1 aromatic carbocycles. The Morgan fingerprint density at radius 3 is 2.18 bits per heavy atom. The van der Waals surface area contributed by atoms with Crippen LogP contribution in [0.3, 0.4) is 0 Å². The quantitative estimate of drug-likeness (QED) is 0.264. The van der Waals surface area contributed by atoms with Crippen LogP contribution in [-0.2, 0) is 23.9 Å². The number of benzene rings is 1. The highest BCUT2D eigenvalue weighted by Gasteiger charge is 2.36. The Morgan fingerprint density at radius 1 is 1.00 bits per heavy atom. The first-order valence-electron chi connectivity index (χ1n) is 13.6. The van der Waals surface area contributed by atoms with E-state index >= 15 is 0 Å². The van der Waals surface area contributed by atoms with Crippen molar-refractivity contribution in [3.05, 3.63) is 34.9 Å². The van der Waals surface area contributed by atoms with Crippen LogP contribution < -0.4 is 10.6 Å². The van der Waals surface area contributed by atoms with Gasteiger partial charge in [0.25, 0.3) is 0 Å². The second-order valence-corrected chi connectivity index (χ2v) is 10.5. The molecule has 0 fully saturated rings. The van der Waals surface area contributed by atoms with Crippen molar-refractivity contribution in [2.75, 3.05) is 19.7 Å². The number of hydrogen-bond acceptors (Lipinski definition) is 6. The van der Waals surface area contributed by atoms with E-state index in [4.69, 9.17) is 9.47 Å². The molecule has 0 aliphatic rings. The number of carbonyl (C=O) groups excluding carboxylic acids is 4. The number of esters is 1. The molecule has 2 atom stereocenters. The first-order valence-corrected chi connectivity index (χ1v) is 13.6. The van der Waals surface area contributed by atoms with Gasteiger partial charge in [-0.15, -0.1) is 0 Å². The van der Waals surface area contributed by atoms with Crippen molar-refractivity contribution in [3.63, 3.8) is 0 Å². The Labute approximate surface area is 228 Å². The summed E-state index contributed by atoms with van der Waals surface area (Å²) in [6, 6.07) is 3.86. The molecule has 2 unspecified atom stereocenters. The molecule has 1 aromatic rings. The van der Waals surface area contributed by atoms with Gasteiger partial charge in [0.1, 0.15) is 17.7 Å². The number of nitrogens with zero attached hydrogens (tertiary/aromatic N) is 1. The molecule has 9 heteroatoms. The minimum absolute atomic E-state index is 0.0279. The van der Waals surface area contributed by atoms with E-state index in [0.29, 0.717) is 13.0 Å². The molecule has 2 N–H and O–H groups in total. The summed E-state index contributed by atoms with van der Waals surface area (Å²) < 4.78 is 10.3. The van der Waals surface area contributed by atoms with Gasteiger partial charge in [-0.3, -0.25) is 14.4 Å². The van der Waals surface area contributed by atoms with Crippen LogP contribution in [-0.4, -0.2) is 60.1 Å². The van der Waals surface area contributed by atoms with E-state index in [2.05, 4.69) is 17.6 Å². The Morgan fingerprint density at radius 2 is 1.63 bits per heavy atom.